The Labute approximate surface area is 147 Å². The summed E-state index contributed by atoms with van der Waals surface area (Å²) in [5.41, 5.74) is -1.31. The van der Waals surface area contributed by atoms with Crippen LogP contribution in [-0.2, 0) is 21.8 Å². The van der Waals surface area contributed by atoms with Gasteiger partial charge in [-0.2, -0.15) is 13.2 Å². The highest BCUT2D eigenvalue weighted by molar-refractivity contribution is 5.85. The fourth-order valence-electron chi connectivity index (χ4n) is 3.62. The summed E-state index contributed by atoms with van der Waals surface area (Å²) in [4.78, 5) is 17.7. The Hall–Kier alpha value is -2.45. The molecule has 1 spiro atoms. The van der Waals surface area contributed by atoms with Gasteiger partial charge in [0.05, 0.1) is 5.71 Å². The smallest absolute Gasteiger partial charge is 0.389 e. The molecule has 1 aromatic rings. The lowest BCUT2D eigenvalue weighted by Crippen LogP contribution is -2.50. The van der Waals surface area contributed by atoms with Gasteiger partial charge in [-0.3, -0.25) is 4.79 Å². The van der Waals surface area contributed by atoms with Gasteiger partial charge in [-0.05, 0) is 18.6 Å². The summed E-state index contributed by atoms with van der Waals surface area (Å²) in [7, 11) is 0. The van der Waals surface area contributed by atoms with Gasteiger partial charge in [0.1, 0.15) is 5.60 Å². The highest BCUT2D eigenvalue weighted by atomic mass is 19.4. The number of nitrogens with one attached hydrogen (secondary N) is 1. The maximum absolute atomic E-state index is 13.1. The molecule has 138 valence electrons. The average molecular weight is 366 g/mol. The quantitative estimate of drug-likeness (QED) is 0.886. The lowest BCUT2D eigenvalue weighted by atomic mass is 9.68. The van der Waals surface area contributed by atoms with Gasteiger partial charge in [0.25, 0.3) is 0 Å². The maximum atomic E-state index is 13.1. The summed E-state index contributed by atoms with van der Waals surface area (Å²) >= 11 is 0. The Bertz CT molecular complexity index is 806. The SMILES string of the molecule is CC1=NOC2(C1)CC(C(=O)NCc1cccc(C3(C(F)(F)F)N=N3)c1)C2. The van der Waals surface area contributed by atoms with Crippen LogP contribution >= 0.6 is 0 Å². The third-order valence-electron chi connectivity index (χ3n) is 5.07. The monoisotopic (exact) mass is 366 g/mol. The van der Waals surface area contributed by atoms with Crippen molar-refractivity contribution in [2.75, 3.05) is 0 Å². The van der Waals surface area contributed by atoms with Crippen molar-refractivity contribution in [3.05, 3.63) is 35.4 Å². The molecule has 0 bridgehead atoms. The predicted molar refractivity (Wildman–Crippen MR) is 85.1 cm³/mol. The van der Waals surface area contributed by atoms with Gasteiger partial charge in [-0.1, -0.05) is 23.4 Å². The van der Waals surface area contributed by atoms with Crippen LogP contribution in [0.3, 0.4) is 0 Å². The standard InChI is InChI=1S/C17H17F3N4O2/c1-10-6-15(26-22-10)7-12(8-15)14(25)21-9-11-3-2-4-13(5-11)16(23-24-16)17(18,19)20/h2-5,12H,6-9H2,1H3,(H,21,25). The van der Waals surface area contributed by atoms with Crippen LogP contribution in [-0.4, -0.2) is 23.4 Å². The molecule has 3 aliphatic rings. The number of amides is 1. The molecule has 2 aliphatic heterocycles. The average Bonchev–Trinajstić information content (AvgIpc) is 3.29. The minimum Gasteiger partial charge on any atom is -0.389 e. The van der Waals surface area contributed by atoms with E-state index in [-0.39, 0.29) is 29.5 Å². The Kier molecular flexibility index (Phi) is 3.61. The second kappa shape index (κ2) is 5.52. The molecule has 1 saturated carbocycles. The van der Waals surface area contributed by atoms with Crippen LogP contribution in [0.2, 0.25) is 0 Å². The molecule has 0 unspecified atom stereocenters. The largest absolute Gasteiger partial charge is 0.442 e. The third-order valence-corrected chi connectivity index (χ3v) is 5.07. The van der Waals surface area contributed by atoms with E-state index in [9.17, 15) is 18.0 Å². The Balaban J connectivity index is 1.33. The molecule has 1 fully saturated rings. The summed E-state index contributed by atoms with van der Waals surface area (Å²) in [5.74, 6) is -0.283. The van der Waals surface area contributed by atoms with Gasteiger partial charge < -0.3 is 10.2 Å². The number of carbonyl (C=O) groups excluding carboxylic acids is 1. The van der Waals surface area contributed by atoms with Gasteiger partial charge in [0.2, 0.25) is 5.91 Å². The number of hydrogen-bond acceptors (Lipinski definition) is 5. The van der Waals surface area contributed by atoms with Crippen LogP contribution in [0.15, 0.2) is 39.6 Å². The van der Waals surface area contributed by atoms with E-state index in [4.69, 9.17) is 4.84 Å². The van der Waals surface area contributed by atoms with Gasteiger partial charge in [0, 0.05) is 37.3 Å². The Morgan fingerprint density at radius 2 is 2.08 bits per heavy atom. The van der Waals surface area contributed by atoms with Crippen LogP contribution in [0, 0.1) is 5.92 Å². The van der Waals surface area contributed by atoms with E-state index in [0.717, 1.165) is 12.1 Å². The molecule has 1 aliphatic carbocycles. The fourth-order valence-corrected chi connectivity index (χ4v) is 3.62. The van der Waals surface area contributed by atoms with Gasteiger partial charge in [-0.25, -0.2) is 0 Å². The Morgan fingerprint density at radius 3 is 2.65 bits per heavy atom. The van der Waals surface area contributed by atoms with Gasteiger partial charge >= 0.3 is 11.8 Å². The van der Waals surface area contributed by atoms with Crippen LogP contribution in [0.1, 0.15) is 37.3 Å². The molecule has 0 atom stereocenters. The van der Waals surface area contributed by atoms with E-state index in [1.54, 1.807) is 6.07 Å². The first-order valence-electron chi connectivity index (χ1n) is 8.33. The predicted octanol–water partition coefficient (Wildman–Crippen LogP) is 3.43. The maximum Gasteiger partial charge on any atom is 0.442 e. The zero-order chi connectivity index (χ0) is 18.6. The van der Waals surface area contributed by atoms with Crippen molar-refractivity contribution in [3.8, 4) is 0 Å². The first kappa shape index (κ1) is 17.0. The molecule has 1 aromatic carbocycles. The van der Waals surface area contributed by atoms with Crippen molar-refractivity contribution in [2.24, 2.45) is 21.3 Å². The highest BCUT2D eigenvalue weighted by Gasteiger charge is 2.65. The number of alkyl halides is 3. The van der Waals surface area contributed by atoms with Gasteiger partial charge in [-0.15, -0.1) is 10.2 Å². The van der Waals surface area contributed by atoms with Crippen molar-refractivity contribution < 1.29 is 22.8 Å². The third kappa shape index (κ3) is 2.75. The van der Waals surface area contributed by atoms with Crippen molar-refractivity contribution in [2.45, 2.75) is 50.2 Å². The fraction of sp³-hybridized carbons (Fsp3) is 0.529. The highest BCUT2D eigenvalue weighted by Crippen LogP contribution is 2.52. The second-order valence-electron chi connectivity index (χ2n) is 7.17. The summed E-state index contributed by atoms with van der Waals surface area (Å²) < 4.78 is 39.2. The first-order valence-corrected chi connectivity index (χ1v) is 8.33. The van der Waals surface area contributed by atoms with E-state index >= 15 is 0 Å². The summed E-state index contributed by atoms with van der Waals surface area (Å²) in [6, 6.07) is 5.90. The first-order chi connectivity index (χ1) is 12.2. The van der Waals surface area contributed by atoms with Crippen LogP contribution < -0.4 is 5.32 Å². The second-order valence-corrected chi connectivity index (χ2v) is 7.17. The molecule has 1 N–H and O–H groups in total. The van der Waals surface area contributed by atoms with E-state index < -0.39 is 11.8 Å². The lowest BCUT2D eigenvalue weighted by Gasteiger charge is -2.41. The number of rotatable bonds is 4. The Morgan fingerprint density at radius 1 is 1.35 bits per heavy atom. The van der Waals surface area contributed by atoms with Crippen LogP contribution in [0.4, 0.5) is 13.2 Å². The van der Waals surface area contributed by atoms with Crippen molar-refractivity contribution in [1.29, 1.82) is 0 Å². The normalized spacial score (nSPS) is 28.3. The molecule has 0 saturated heterocycles. The zero-order valence-corrected chi connectivity index (χ0v) is 14.0. The van der Waals surface area contributed by atoms with Gasteiger partial charge in [0.15, 0.2) is 0 Å². The molecule has 1 amide bonds. The van der Waals surface area contributed by atoms with Crippen LogP contribution in [0.25, 0.3) is 0 Å². The van der Waals surface area contributed by atoms with Crippen molar-refractivity contribution >= 4 is 11.6 Å². The van der Waals surface area contributed by atoms with E-state index in [2.05, 4.69) is 20.7 Å². The van der Waals surface area contributed by atoms with Crippen LogP contribution in [0.5, 0.6) is 0 Å². The number of halogens is 3. The number of nitrogens with zero attached hydrogens (tertiary/aromatic N) is 3. The van der Waals surface area contributed by atoms with E-state index in [0.29, 0.717) is 18.4 Å². The molecule has 9 heteroatoms. The summed E-state index contributed by atoms with van der Waals surface area (Å²) in [5, 5.41) is 13.1. The van der Waals surface area contributed by atoms with E-state index in [1.807, 2.05) is 6.92 Å². The van der Waals surface area contributed by atoms with Crippen molar-refractivity contribution in [1.82, 2.24) is 5.32 Å². The molecule has 6 nitrogen and oxygen atoms in total. The molecule has 0 aromatic heterocycles. The number of carbonyl (C=O) groups is 1. The minimum atomic E-state index is -4.56. The van der Waals surface area contributed by atoms with E-state index in [1.165, 1.54) is 18.2 Å². The zero-order valence-electron chi connectivity index (χ0n) is 14.0. The number of hydrogen-bond donors (Lipinski definition) is 1. The topological polar surface area (TPSA) is 75.4 Å². The summed E-state index contributed by atoms with van der Waals surface area (Å²) in [6.45, 7) is 2.04. The molecule has 4 rings (SSSR count). The lowest BCUT2D eigenvalue weighted by molar-refractivity contribution is -0.166. The molecular formula is C17H17F3N4O2. The summed E-state index contributed by atoms with van der Waals surface area (Å²) in [6.07, 6.45) is -2.61. The number of benzene rings is 1. The molecule has 2 heterocycles. The number of oxime groups is 1. The molecule has 26 heavy (non-hydrogen) atoms. The minimum absolute atomic E-state index is 0.0358. The molecule has 0 radical (unpaired) electrons. The molecular weight excluding hydrogens is 349 g/mol. The van der Waals surface area contributed by atoms with Crippen molar-refractivity contribution in [3.63, 3.8) is 0 Å².